The van der Waals surface area contributed by atoms with Gasteiger partial charge in [0.2, 0.25) is 0 Å². The zero-order valence-corrected chi connectivity index (χ0v) is 11.6. The van der Waals surface area contributed by atoms with E-state index in [1.165, 1.54) is 11.1 Å². The minimum absolute atomic E-state index is 0.127. The summed E-state index contributed by atoms with van der Waals surface area (Å²) in [5, 5.41) is 9.03. The number of likely N-dealkylation sites (tertiary alicyclic amines) is 1. The molecule has 1 aromatic rings. The first kappa shape index (κ1) is 13.3. The number of aliphatic carboxylic acids is 1. The highest BCUT2D eigenvalue weighted by molar-refractivity contribution is 9.10. The molecule has 1 unspecified atom stereocenters. The quantitative estimate of drug-likeness (QED) is 0.841. The van der Waals surface area contributed by atoms with Crippen LogP contribution in [0.2, 0.25) is 5.15 Å². The Kier molecular flexibility index (Phi) is 3.87. The van der Waals surface area contributed by atoms with Crippen molar-refractivity contribution < 1.29 is 14.7 Å². The number of carboxylic acid groups (broad SMARTS) is 1. The van der Waals surface area contributed by atoms with Crippen LogP contribution in [0.4, 0.5) is 0 Å². The fourth-order valence-corrected chi connectivity index (χ4v) is 2.40. The first-order valence-corrected chi connectivity index (χ1v) is 6.49. The highest BCUT2D eigenvalue weighted by Gasteiger charge is 2.32. The lowest BCUT2D eigenvalue weighted by atomic mass is 10.1. The van der Waals surface area contributed by atoms with Crippen LogP contribution in [-0.4, -0.2) is 40.0 Å². The van der Waals surface area contributed by atoms with Gasteiger partial charge in [-0.2, -0.15) is 0 Å². The van der Waals surface area contributed by atoms with Crippen molar-refractivity contribution in [2.24, 2.45) is 5.92 Å². The van der Waals surface area contributed by atoms with Crippen LogP contribution < -0.4 is 0 Å². The number of carbonyl (C=O) groups is 2. The molecule has 0 bridgehead atoms. The first-order valence-electron chi connectivity index (χ1n) is 5.32. The van der Waals surface area contributed by atoms with Crippen molar-refractivity contribution in [2.45, 2.75) is 6.42 Å². The normalized spacial score (nSPS) is 19.0. The molecule has 1 aromatic heterocycles. The Balaban J connectivity index is 2.17. The summed E-state index contributed by atoms with van der Waals surface area (Å²) in [6.07, 6.45) is 1.98. The van der Waals surface area contributed by atoms with Gasteiger partial charge in [-0.3, -0.25) is 9.59 Å². The lowest BCUT2D eigenvalue weighted by Crippen LogP contribution is -2.30. The van der Waals surface area contributed by atoms with Gasteiger partial charge in [-0.05, 0) is 28.4 Å². The van der Waals surface area contributed by atoms with Gasteiger partial charge in [0.25, 0.3) is 5.91 Å². The molecule has 0 saturated carbocycles. The Bertz CT molecular complexity index is 509. The molecule has 1 aliphatic heterocycles. The Morgan fingerprint density at radius 2 is 2.28 bits per heavy atom. The molecule has 0 aromatic carbocycles. The van der Waals surface area contributed by atoms with Crippen LogP contribution in [0.5, 0.6) is 0 Å². The second-order valence-corrected chi connectivity index (χ2v) is 5.34. The second-order valence-electron chi connectivity index (χ2n) is 4.07. The van der Waals surface area contributed by atoms with Crippen molar-refractivity contribution in [3.8, 4) is 0 Å². The monoisotopic (exact) mass is 332 g/mol. The average molecular weight is 334 g/mol. The maximum absolute atomic E-state index is 12.2. The number of halogens is 2. The summed E-state index contributed by atoms with van der Waals surface area (Å²) in [5.74, 6) is -1.64. The molecule has 1 aliphatic rings. The van der Waals surface area contributed by atoms with E-state index in [-0.39, 0.29) is 23.2 Å². The van der Waals surface area contributed by atoms with E-state index in [0.717, 1.165) is 0 Å². The summed E-state index contributed by atoms with van der Waals surface area (Å²) in [5.41, 5.74) is 0.289. The lowest BCUT2D eigenvalue weighted by molar-refractivity contribution is -0.141. The summed E-state index contributed by atoms with van der Waals surface area (Å²) in [4.78, 5) is 28.4. The molecule has 5 nitrogen and oxygen atoms in total. The molecule has 18 heavy (non-hydrogen) atoms. The van der Waals surface area contributed by atoms with Crippen LogP contribution in [0, 0.1) is 5.92 Å². The van der Waals surface area contributed by atoms with Crippen molar-refractivity contribution in [1.82, 2.24) is 9.88 Å². The zero-order chi connectivity index (χ0) is 13.3. The third kappa shape index (κ3) is 2.64. The molecule has 0 aliphatic carbocycles. The van der Waals surface area contributed by atoms with E-state index in [4.69, 9.17) is 16.7 Å². The Morgan fingerprint density at radius 1 is 1.56 bits per heavy atom. The number of aromatic nitrogens is 1. The van der Waals surface area contributed by atoms with E-state index in [9.17, 15) is 9.59 Å². The summed E-state index contributed by atoms with van der Waals surface area (Å²) in [7, 11) is 0. The second kappa shape index (κ2) is 5.24. The molecular weight excluding hydrogens is 323 g/mol. The number of rotatable bonds is 2. The van der Waals surface area contributed by atoms with Crippen LogP contribution in [0.3, 0.4) is 0 Å². The summed E-state index contributed by atoms with van der Waals surface area (Å²) in [6.45, 7) is 0.648. The number of carboxylic acids is 1. The largest absolute Gasteiger partial charge is 0.481 e. The van der Waals surface area contributed by atoms with Crippen molar-refractivity contribution in [3.63, 3.8) is 0 Å². The van der Waals surface area contributed by atoms with E-state index in [1.807, 2.05) is 0 Å². The number of carbonyl (C=O) groups excluding carboxylic acids is 1. The lowest BCUT2D eigenvalue weighted by Gasteiger charge is -2.16. The standard InChI is InChI=1S/C11H10BrClN2O3/c12-7-3-8(9(13)14-4-7)10(16)15-2-1-6(5-15)11(17)18/h3-4,6H,1-2,5H2,(H,17,18). The zero-order valence-electron chi connectivity index (χ0n) is 9.27. The SMILES string of the molecule is O=C(O)C1CCN(C(=O)c2cc(Br)cnc2Cl)C1. The van der Waals surface area contributed by atoms with Gasteiger partial charge in [-0.15, -0.1) is 0 Å². The van der Waals surface area contributed by atoms with E-state index in [2.05, 4.69) is 20.9 Å². The Hall–Kier alpha value is -1.14. The van der Waals surface area contributed by atoms with E-state index in [0.29, 0.717) is 17.4 Å². The fourth-order valence-electron chi connectivity index (χ4n) is 1.89. The molecule has 0 spiro atoms. The molecule has 1 atom stereocenters. The van der Waals surface area contributed by atoms with Crippen molar-refractivity contribution in [3.05, 3.63) is 27.5 Å². The maximum atomic E-state index is 12.2. The molecule has 96 valence electrons. The molecule has 1 fully saturated rings. The molecule has 2 heterocycles. The molecule has 1 amide bonds. The predicted molar refractivity (Wildman–Crippen MR) is 68.6 cm³/mol. The number of amides is 1. The molecule has 2 rings (SSSR count). The van der Waals surface area contributed by atoms with Gasteiger partial charge in [-0.1, -0.05) is 11.6 Å². The number of hydrogen-bond acceptors (Lipinski definition) is 3. The molecular formula is C11H10BrClN2O3. The van der Waals surface area contributed by atoms with Crippen molar-refractivity contribution in [1.29, 1.82) is 0 Å². The van der Waals surface area contributed by atoms with Crippen molar-refractivity contribution in [2.75, 3.05) is 13.1 Å². The number of nitrogens with zero attached hydrogens (tertiary/aromatic N) is 2. The maximum Gasteiger partial charge on any atom is 0.308 e. The molecule has 1 saturated heterocycles. The minimum atomic E-state index is -0.872. The van der Waals surface area contributed by atoms with Gasteiger partial charge in [0, 0.05) is 23.8 Å². The topological polar surface area (TPSA) is 70.5 Å². The van der Waals surface area contributed by atoms with E-state index in [1.54, 1.807) is 6.07 Å². The van der Waals surface area contributed by atoms with E-state index < -0.39 is 11.9 Å². The highest BCUT2D eigenvalue weighted by atomic mass is 79.9. The van der Waals surface area contributed by atoms with Crippen LogP contribution >= 0.6 is 27.5 Å². The van der Waals surface area contributed by atoms with Crippen molar-refractivity contribution >= 4 is 39.4 Å². The van der Waals surface area contributed by atoms with Gasteiger partial charge in [0.1, 0.15) is 5.15 Å². The highest BCUT2D eigenvalue weighted by Crippen LogP contribution is 2.23. The van der Waals surface area contributed by atoms with Crippen LogP contribution in [-0.2, 0) is 4.79 Å². The van der Waals surface area contributed by atoms with Crippen LogP contribution in [0.1, 0.15) is 16.8 Å². The van der Waals surface area contributed by atoms with Crippen LogP contribution in [0.15, 0.2) is 16.7 Å². The summed E-state index contributed by atoms with van der Waals surface area (Å²) < 4.78 is 0.657. The van der Waals surface area contributed by atoms with Gasteiger partial charge >= 0.3 is 5.97 Å². The predicted octanol–water partition coefficient (Wildman–Crippen LogP) is 2.04. The van der Waals surface area contributed by atoms with E-state index >= 15 is 0 Å². The van der Waals surface area contributed by atoms with Crippen LogP contribution in [0.25, 0.3) is 0 Å². The van der Waals surface area contributed by atoms with Gasteiger partial charge < -0.3 is 10.0 Å². The average Bonchev–Trinajstić information content (AvgIpc) is 2.81. The minimum Gasteiger partial charge on any atom is -0.481 e. The third-order valence-electron chi connectivity index (χ3n) is 2.86. The summed E-state index contributed by atoms with van der Waals surface area (Å²) in [6, 6.07) is 1.59. The summed E-state index contributed by atoms with van der Waals surface area (Å²) >= 11 is 9.09. The smallest absolute Gasteiger partial charge is 0.308 e. The first-order chi connectivity index (χ1) is 8.49. The van der Waals surface area contributed by atoms with Gasteiger partial charge in [-0.25, -0.2) is 4.98 Å². The number of pyridine rings is 1. The molecule has 7 heteroatoms. The Morgan fingerprint density at radius 3 is 2.89 bits per heavy atom. The fraction of sp³-hybridized carbons (Fsp3) is 0.364. The third-order valence-corrected chi connectivity index (χ3v) is 3.60. The van der Waals surface area contributed by atoms with Gasteiger partial charge in [0.15, 0.2) is 0 Å². The van der Waals surface area contributed by atoms with Gasteiger partial charge in [0.05, 0.1) is 11.5 Å². The molecule has 1 N–H and O–H groups in total. The number of hydrogen-bond donors (Lipinski definition) is 1. The molecule has 0 radical (unpaired) electrons. The Labute approximate surface area is 117 Å².